The van der Waals surface area contributed by atoms with Crippen LogP contribution in [0.15, 0.2) is 24.3 Å². The molecule has 0 bridgehead atoms. The molecule has 0 amide bonds. The van der Waals surface area contributed by atoms with Gasteiger partial charge in [-0.3, -0.25) is 0 Å². The quantitative estimate of drug-likeness (QED) is 0.852. The van der Waals surface area contributed by atoms with Crippen LogP contribution in [0.1, 0.15) is 26.2 Å². The average molecular weight is 240 g/mol. The summed E-state index contributed by atoms with van der Waals surface area (Å²) in [5.74, 6) is 0.920. The van der Waals surface area contributed by atoms with Crippen LogP contribution in [0, 0.1) is 0 Å². The van der Waals surface area contributed by atoms with E-state index in [0.717, 1.165) is 30.2 Å². The second-order valence-electron chi connectivity index (χ2n) is 4.32. The van der Waals surface area contributed by atoms with Gasteiger partial charge in [0.15, 0.2) is 0 Å². The highest BCUT2D eigenvalue weighted by atomic mass is 35.5. The molecule has 16 heavy (non-hydrogen) atoms. The predicted octanol–water partition coefficient (Wildman–Crippen LogP) is 3.25. The Kier molecular flexibility index (Phi) is 4.08. The van der Waals surface area contributed by atoms with Crippen molar-refractivity contribution in [3.63, 3.8) is 0 Å². The minimum atomic E-state index is 0.371. The molecule has 1 fully saturated rings. The topological polar surface area (TPSA) is 21.3 Å². The summed E-state index contributed by atoms with van der Waals surface area (Å²) < 4.78 is 5.82. The van der Waals surface area contributed by atoms with Crippen LogP contribution in [-0.2, 0) is 0 Å². The van der Waals surface area contributed by atoms with Gasteiger partial charge in [-0.1, -0.05) is 18.5 Å². The van der Waals surface area contributed by atoms with Crippen LogP contribution < -0.4 is 10.1 Å². The van der Waals surface area contributed by atoms with Crippen molar-refractivity contribution in [1.29, 1.82) is 0 Å². The first-order chi connectivity index (χ1) is 7.78. The molecule has 1 aromatic carbocycles. The van der Waals surface area contributed by atoms with Crippen LogP contribution >= 0.6 is 11.6 Å². The van der Waals surface area contributed by atoms with E-state index in [1.165, 1.54) is 6.42 Å². The van der Waals surface area contributed by atoms with Crippen LogP contribution in [0.25, 0.3) is 0 Å². The van der Waals surface area contributed by atoms with Gasteiger partial charge >= 0.3 is 0 Å². The molecule has 0 aromatic heterocycles. The van der Waals surface area contributed by atoms with Crippen LogP contribution in [0.2, 0.25) is 5.02 Å². The Morgan fingerprint density at radius 3 is 2.62 bits per heavy atom. The average Bonchev–Trinajstić information content (AvgIpc) is 2.24. The van der Waals surface area contributed by atoms with E-state index >= 15 is 0 Å². The zero-order chi connectivity index (χ0) is 11.4. The van der Waals surface area contributed by atoms with Gasteiger partial charge in [0.25, 0.3) is 0 Å². The van der Waals surface area contributed by atoms with Gasteiger partial charge in [-0.05, 0) is 50.1 Å². The standard InChI is InChI=1S/C13H18ClNO/c1-2-7-15-11-8-13(9-11)16-12-5-3-10(14)4-6-12/h3-6,11,13,15H,2,7-9H2,1H3. The normalized spacial score (nSPS) is 23.9. The number of halogens is 1. The van der Waals surface area contributed by atoms with Crippen molar-refractivity contribution < 1.29 is 4.74 Å². The summed E-state index contributed by atoms with van der Waals surface area (Å²) in [7, 11) is 0. The molecule has 1 aliphatic carbocycles. The van der Waals surface area contributed by atoms with Gasteiger partial charge in [-0.15, -0.1) is 0 Å². The molecular formula is C13H18ClNO. The number of hydrogen-bond donors (Lipinski definition) is 1. The van der Waals surface area contributed by atoms with Crippen molar-refractivity contribution in [3.8, 4) is 5.75 Å². The molecule has 0 heterocycles. The summed E-state index contributed by atoms with van der Waals surface area (Å²) in [5.41, 5.74) is 0. The van der Waals surface area contributed by atoms with E-state index in [4.69, 9.17) is 16.3 Å². The smallest absolute Gasteiger partial charge is 0.119 e. The van der Waals surface area contributed by atoms with Crippen molar-refractivity contribution in [2.75, 3.05) is 6.54 Å². The highest BCUT2D eigenvalue weighted by molar-refractivity contribution is 6.30. The van der Waals surface area contributed by atoms with Gasteiger partial charge in [-0.2, -0.15) is 0 Å². The molecule has 3 heteroatoms. The van der Waals surface area contributed by atoms with E-state index in [9.17, 15) is 0 Å². The molecule has 0 aliphatic heterocycles. The maximum absolute atomic E-state index is 5.82. The first kappa shape index (κ1) is 11.7. The molecule has 0 unspecified atom stereocenters. The highest BCUT2D eigenvalue weighted by Gasteiger charge is 2.29. The molecule has 1 aliphatic rings. The second-order valence-corrected chi connectivity index (χ2v) is 4.75. The Labute approximate surface area is 102 Å². The Bertz CT molecular complexity index is 319. The molecule has 1 aromatic rings. The molecule has 0 saturated heterocycles. The third-order valence-electron chi connectivity index (χ3n) is 2.89. The first-order valence-electron chi connectivity index (χ1n) is 5.93. The van der Waals surface area contributed by atoms with Crippen molar-refractivity contribution in [2.45, 2.75) is 38.3 Å². The van der Waals surface area contributed by atoms with E-state index in [1.807, 2.05) is 24.3 Å². The van der Waals surface area contributed by atoms with E-state index in [1.54, 1.807) is 0 Å². The summed E-state index contributed by atoms with van der Waals surface area (Å²) >= 11 is 5.81. The van der Waals surface area contributed by atoms with Crippen LogP contribution in [-0.4, -0.2) is 18.7 Å². The van der Waals surface area contributed by atoms with Gasteiger partial charge in [0, 0.05) is 11.1 Å². The lowest BCUT2D eigenvalue weighted by Gasteiger charge is -2.36. The van der Waals surface area contributed by atoms with E-state index in [2.05, 4.69) is 12.2 Å². The number of rotatable bonds is 5. The first-order valence-corrected chi connectivity index (χ1v) is 6.31. The zero-order valence-corrected chi connectivity index (χ0v) is 10.3. The molecule has 0 spiro atoms. The molecule has 0 atom stereocenters. The Balaban J connectivity index is 1.71. The van der Waals surface area contributed by atoms with Crippen LogP contribution in [0.5, 0.6) is 5.75 Å². The molecular weight excluding hydrogens is 222 g/mol. The largest absolute Gasteiger partial charge is 0.490 e. The highest BCUT2D eigenvalue weighted by Crippen LogP contribution is 2.26. The summed E-state index contributed by atoms with van der Waals surface area (Å²) in [6, 6.07) is 8.23. The number of ether oxygens (including phenoxy) is 1. The summed E-state index contributed by atoms with van der Waals surface area (Å²) in [4.78, 5) is 0. The molecule has 1 N–H and O–H groups in total. The number of hydrogen-bond acceptors (Lipinski definition) is 2. The predicted molar refractivity (Wildman–Crippen MR) is 67.2 cm³/mol. The van der Waals surface area contributed by atoms with Crippen molar-refractivity contribution in [2.24, 2.45) is 0 Å². The van der Waals surface area contributed by atoms with E-state index < -0.39 is 0 Å². The fraction of sp³-hybridized carbons (Fsp3) is 0.538. The van der Waals surface area contributed by atoms with Crippen LogP contribution in [0.3, 0.4) is 0 Å². The minimum absolute atomic E-state index is 0.371. The molecule has 88 valence electrons. The Morgan fingerprint density at radius 2 is 2.00 bits per heavy atom. The van der Waals surface area contributed by atoms with Crippen molar-refractivity contribution in [1.82, 2.24) is 5.32 Å². The third-order valence-corrected chi connectivity index (χ3v) is 3.15. The third kappa shape index (κ3) is 3.13. The van der Waals surface area contributed by atoms with Gasteiger partial charge in [0.05, 0.1) is 0 Å². The Morgan fingerprint density at radius 1 is 1.31 bits per heavy atom. The lowest BCUT2D eigenvalue weighted by atomic mass is 9.89. The van der Waals surface area contributed by atoms with Gasteiger partial charge < -0.3 is 10.1 Å². The van der Waals surface area contributed by atoms with Gasteiger partial charge in [0.2, 0.25) is 0 Å². The molecule has 2 rings (SSSR count). The monoisotopic (exact) mass is 239 g/mol. The van der Waals surface area contributed by atoms with Gasteiger partial charge in [-0.25, -0.2) is 0 Å². The summed E-state index contributed by atoms with van der Waals surface area (Å²) in [6.07, 6.45) is 3.79. The van der Waals surface area contributed by atoms with Crippen LogP contribution in [0.4, 0.5) is 0 Å². The SMILES string of the molecule is CCCNC1CC(Oc2ccc(Cl)cc2)C1. The van der Waals surface area contributed by atoms with Gasteiger partial charge in [0.1, 0.15) is 11.9 Å². The fourth-order valence-corrected chi connectivity index (χ4v) is 2.01. The second kappa shape index (κ2) is 5.55. The Hall–Kier alpha value is -0.730. The summed E-state index contributed by atoms with van der Waals surface area (Å²) in [6.45, 7) is 3.30. The molecule has 0 radical (unpaired) electrons. The maximum Gasteiger partial charge on any atom is 0.119 e. The van der Waals surface area contributed by atoms with E-state index in [-0.39, 0.29) is 0 Å². The van der Waals surface area contributed by atoms with E-state index in [0.29, 0.717) is 12.1 Å². The zero-order valence-electron chi connectivity index (χ0n) is 9.58. The van der Waals surface area contributed by atoms with Crippen molar-refractivity contribution in [3.05, 3.63) is 29.3 Å². The number of nitrogens with one attached hydrogen (secondary N) is 1. The molecule has 2 nitrogen and oxygen atoms in total. The number of benzene rings is 1. The maximum atomic E-state index is 5.82. The van der Waals surface area contributed by atoms with Crippen molar-refractivity contribution >= 4 is 11.6 Å². The summed E-state index contributed by atoms with van der Waals surface area (Å²) in [5, 5.41) is 4.25. The molecule has 1 saturated carbocycles. The fourth-order valence-electron chi connectivity index (χ4n) is 1.88. The minimum Gasteiger partial charge on any atom is -0.490 e. The lowest BCUT2D eigenvalue weighted by molar-refractivity contribution is 0.0852. The lowest BCUT2D eigenvalue weighted by Crippen LogP contribution is -2.46.